The van der Waals surface area contributed by atoms with Crippen molar-refractivity contribution in [1.29, 1.82) is 0 Å². The number of nitrogens with zero attached hydrogens (tertiary/aromatic N) is 1. The Morgan fingerprint density at radius 1 is 1.05 bits per heavy atom. The van der Waals surface area contributed by atoms with E-state index >= 15 is 0 Å². The van der Waals surface area contributed by atoms with Gasteiger partial charge in [-0.25, -0.2) is 0 Å². The minimum Gasteiger partial charge on any atom is -0.372 e. The summed E-state index contributed by atoms with van der Waals surface area (Å²) >= 11 is 0. The molecule has 0 aromatic carbocycles. The highest BCUT2D eigenvalue weighted by Crippen LogP contribution is 2.39. The first-order valence-electron chi connectivity index (χ1n) is 8.65. The molecule has 2 aliphatic rings. The van der Waals surface area contributed by atoms with Crippen LogP contribution in [0.4, 0.5) is 0 Å². The van der Waals surface area contributed by atoms with Crippen LogP contribution in [-0.2, 0) is 4.74 Å². The number of rotatable bonds is 6. The summed E-state index contributed by atoms with van der Waals surface area (Å²) < 4.78 is 6.52. The van der Waals surface area contributed by atoms with Crippen LogP contribution in [0.15, 0.2) is 0 Å². The van der Waals surface area contributed by atoms with Crippen LogP contribution in [0.2, 0.25) is 0 Å². The fourth-order valence-electron chi connectivity index (χ4n) is 3.97. The maximum atomic E-state index is 6.52. The Balaban J connectivity index is 2.00. The summed E-state index contributed by atoms with van der Waals surface area (Å²) in [5, 5.41) is 3.76. The van der Waals surface area contributed by atoms with Crippen LogP contribution in [0.5, 0.6) is 0 Å². The molecule has 1 saturated heterocycles. The molecule has 2 atom stereocenters. The molecule has 3 nitrogen and oxygen atoms in total. The molecule has 1 saturated carbocycles. The molecular weight excluding hydrogens is 248 g/mol. The van der Waals surface area contributed by atoms with E-state index in [1.165, 1.54) is 57.9 Å². The van der Waals surface area contributed by atoms with Crippen molar-refractivity contribution in [2.24, 2.45) is 5.92 Å². The predicted molar refractivity (Wildman–Crippen MR) is 85.1 cm³/mol. The van der Waals surface area contributed by atoms with Gasteiger partial charge < -0.3 is 15.0 Å². The third kappa shape index (κ3) is 4.19. The van der Waals surface area contributed by atoms with Gasteiger partial charge in [-0.05, 0) is 59.2 Å². The molecule has 0 bridgehead atoms. The Hall–Kier alpha value is -0.120. The molecule has 1 aliphatic carbocycles. The summed E-state index contributed by atoms with van der Waals surface area (Å²) in [7, 11) is 4.25. The van der Waals surface area contributed by atoms with Crippen LogP contribution in [-0.4, -0.2) is 50.3 Å². The quantitative estimate of drug-likeness (QED) is 0.810. The fourth-order valence-corrected chi connectivity index (χ4v) is 3.97. The van der Waals surface area contributed by atoms with Gasteiger partial charge in [0.1, 0.15) is 0 Å². The van der Waals surface area contributed by atoms with Crippen LogP contribution in [0.3, 0.4) is 0 Å². The van der Waals surface area contributed by atoms with Gasteiger partial charge in [-0.15, -0.1) is 0 Å². The molecule has 20 heavy (non-hydrogen) atoms. The van der Waals surface area contributed by atoms with Crippen molar-refractivity contribution >= 4 is 0 Å². The minimum absolute atomic E-state index is 0.0385. The van der Waals surface area contributed by atoms with Crippen molar-refractivity contribution in [3.05, 3.63) is 0 Å². The second-order valence-electron chi connectivity index (χ2n) is 7.17. The molecule has 118 valence electrons. The fraction of sp³-hybridized carbons (Fsp3) is 1.00. The lowest BCUT2D eigenvalue weighted by molar-refractivity contribution is -0.113. The third-order valence-electron chi connectivity index (χ3n) is 5.37. The van der Waals surface area contributed by atoms with Crippen LogP contribution >= 0.6 is 0 Å². The molecule has 1 aliphatic heterocycles. The number of piperidine rings is 1. The molecule has 2 fully saturated rings. The number of nitrogens with one attached hydrogen (secondary N) is 1. The van der Waals surface area contributed by atoms with E-state index in [2.05, 4.69) is 31.2 Å². The van der Waals surface area contributed by atoms with Crippen LogP contribution < -0.4 is 5.32 Å². The van der Waals surface area contributed by atoms with E-state index < -0.39 is 0 Å². The van der Waals surface area contributed by atoms with Crippen molar-refractivity contribution in [2.75, 3.05) is 33.8 Å². The molecule has 2 unspecified atom stereocenters. The van der Waals surface area contributed by atoms with Crippen LogP contribution in [0.1, 0.15) is 58.3 Å². The van der Waals surface area contributed by atoms with E-state index in [1.54, 1.807) is 0 Å². The van der Waals surface area contributed by atoms with E-state index in [0.717, 1.165) is 19.1 Å². The molecule has 0 aromatic heterocycles. The average Bonchev–Trinajstić information content (AvgIpc) is 2.48. The van der Waals surface area contributed by atoms with Crippen LogP contribution in [0, 0.1) is 5.92 Å². The zero-order chi connectivity index (χ0) is 14.4. The topological polar surface area (TPSA) is 24.5 Å². The third-order valence-corrected chi connectivity index (χ3v) is 5.37. The minimum atomic E-state index is 0.0385. The zero-order valence-electron chi connectivity index (χ0n) is 13.8. The molecule has 1 N–H and O–H groups in total. The summed E-state index contributed by atoms with van der Waals surface area (Å²) in [5.41, 5.74) is 0.0385. The summed E-state index contributed by atoms with van der Waals surface area (Å²) in [4.78, 5) is 2.22. The van der Waals surface area contributed by atoms with Gasteiger partial charge in [0.05, 0.1) is 12.2 Å². The molecule has 0 spiro atoms. The summed E-state index contributed by atoms with van der Waals surface area (Å²) in [6.07, 6.45) is 10.9. The zero-order valence-corrected chi connectivity index (χ0v) is 13.8. The van der Waals surface area contributed by atoms with Gasteiger partial charge in [-0.1, -0.05) is 25.7 Å². The molecule has 0 amide bonds. The predicted octanol–water partition coefficient (Wildman–Crippen LogP) is 3.05. The Kier molecular flexibility index (Phi) is 6.31. The van der Waals surface area contributed by atoms with Crippen molar-refractivity contribution in [3.8, 4) is 0 Å². The van der Waals surface area contributed by atoms with E-state index in [-0.39, 0.29) is 5.60 Å². The Morgan fingerprint density at radius 2 is 1.75 bits per heavy atom. The number of ether oxygens (including phenoxy) is 1. The largest absolute Gasteiger partial charge is 0.372 e. The molecule has 0 radical (unpaired) electrons. The highest BCUT2D eigenvalue weighted by Gasteiger charge is 2.42. The molecule has 2 rings (SSSR count). The first kappa shape index (κ1) is 16.3. The van der Waals surface area contributed by atoms with E-state index in [1.807, 2.05) is 0 Å². The summed E-state index contributed by atoms with van der Waals surface area (Å²) in [6, 6.07) is 0.557. The Bertz CT molecular complexity index is 250. The first-order chi connectivity index (χ1) is 9.63. The van der Waals surface area contributed by atoms with Gasteiger partial charge in [-0.2, -0.15) is 0 Å². The normalized spacial score (nSPS) is 28.5. The maximum absolute atomic E-state index is 6.52. The lowest BCUT2D eigenvalue weighted by atomic mass is 9.72. The van der Waals surface area contributed by atoms with Crippen molar-refractivity contribution in [2.45, 2.75) is 69.9 Å². The second kappa shape index (κ2) is 7.77. The van der Waals surface area contributed by atoms with Gasteiger partial charge in [-0.3, -0.25) is 0 Å². The van der Waals surface area contributed by atoms with Gasteiger partial charge in [0.15, 0.2) is 0 Å². The maximum Gasteiger partial charge on any atom is 0.0835 e. The molecule has 3 heteroatoms. The van der Waals surface area contributed by atoms with Crippen molar-refractivity contribution in [3.63, 3.8) is 0 Å². The SMILES string of the molecule is CN(C)CCOC(C)(C1CCCCC1)C1CCCCN1. The van der Waals surface area contributed by atoms with E-state index in [0.29, 0.717) is 6.04 Å². The summed E-state index contributed by atoms with van der Waals surface area (Å²) in [6.45, 7) is 5.44. The van der Waals surface area contributed by atoms with Crippen LogP contribution in [0.25, 0.3) is 0 Å². The summed E-state index contributed by atoms with van der Waals surface area (Å²) in [5.74, 6) is 0.744. The lowest BCUT2D eigenvalue weighted by Gasteiger charge is -2.47. The van der Waals surface area contributed by atoms with Gasteiger partial charge >= 0.3 is 0 Å². The smallest absolute Gasteiger partial charge is 0.0835 e. The van der Waals surface area contributed by atoms with Gasteiger partial charge in [0, 0.05) is 12.6 Å². The molecular formula is C17H34N2O. The lowest BCUT2D eigenvalue weighted by Crippen LogP contribution is -2.57. The average molecular weight is 282 g/mol. The van der Waals surface area contributed by atoms with Gasteiger partial charge in [0.2, 0.25) is 0 Å². The molecule has 1 heterocycles. The second-order valence-corrected chi connectivity index (χ2v) is 7.17. The van der Waals surface area contributed by atoms with Crippen molar-refractivity contribution < 1.29 is 4.74 Å². The van der Waals surface area contributed by atoms with Crippen molar-refractivity contribution in [1.82, 2.24) is 10.2 Å². The Labute approximate surface area is 125 Å². The number of likely N-dealkylation sites (N-methyl/N-ethyl adjacent to an activating group) is 1. The van der Waals surface area contributed by atoms with E-state index in [4.69, 9.17) is 4.74 Å². The molecule has 0 aromatic rings. The number of hydrogen-bond donors (Lipinski definition) is 1. The van der Waals surface area contributed by atoms with Gasteiger partial charge in [0.25, 0.3) is 0 Å². The monoisotopic (exact) mass is 282 g/mol. The number of hydrogen-bond acceptors (Lipinski definition) is 3. The highest BCUT2D eigenvalue weighted by molar-refractivity contribution is 4.97. The first-order valence-corrected chi connectivity index (χ1v) is 8.65. The Morgan fingerprint density at radius 3 is 2.35 bits per heavy atom. The standard InChI is InChI=1S/C17H34N2O/c1-17(20-14-13-19(2)3,15-9-5-4-6-10-15)16-11-7-8-12-18-16/h15-16,18H,4-14H2,1-3H3. The highest BCUT2D eigenvalue weighted by atomic mass is 16.5. The van der Waals surface area contributed by atoms with E-state index in [9.17, 15) is 0 Å².